The molecule has 0 unspecified atom stereocenters. The van der Waals surface area contributed by atoms with Crippen molar-refractivity contribution in [3.63, 3.8) is 0 Å². The molecule has 0 saturated heterocycles. The molecule has 0 saturated carbocycles. The molecule has 5 nitrogen and oxygen atoms in total. The van der Waals surface area contributed by atoms with E-state index in [0.717, 1.165) is 36.3 Å². The summed E-state index contributed by atoms with van der Waals surface area (Å²) in [5.74, 6) is 0.933. The van der Waals surface area contributed by atoms with E-state index in [-0.39, 0.29) is 0 Å². The average Bonchev–Trinajstić information content (AvgIpc) is 3.13. The molecule has 2 aromatic rings. The van der Waals surface area contributed by atoms with Gasteiger partial charge in [-0.3, -0.25) is 4.99 Å². The molecule has 132 valence electrons. The molecule has 25 heavy (non-hydrogen) atoms. The highest BCUT2D eigenvalue weighted by Crippen LogP contribution is 2.22. The minimum atomic E-state index is 0.697. The summed E-state index contributed by atoms with van der Waals surface area (Å²) in [7, 11) is 5.86. The normalized spacial score (nSPS) is 15.1. The summed E-state index contributed by atoms with van der Waals surface area (Å²) >= 11 is 1.66. The van der Waals surface area contributed by atoms with Gasteiger partial charge >= 0.3 is 0 Å². The highest BCUT2D eigenvalue weighted by atomic mass is 32.1. The van der Waals surface area contributed by atoms with E-state index in [0.29, 0.717) is 6.54 Å². The molecule has 3 rings (SSSR count). The van der Waals surface area contributed by atoms with Crippen LogP contribution in [0.15, 0.2) is 46.8 Å². The summed E-state index contributed by atoms with van der Waals surface area (Å²) in [6.45, 7) is 2.55. The lowest BCUT2D eigenvalue weighted by molar-refractivity contribution is 0.439. The first-order valence-electron chi connectivity index (χ1n) is 8.49. The maximum Gasteiger partial charge on any atom is 0.194 e. The number of thiazole rings is 1. The molecule has 0 spiro atoms. The number of rotatable bonds is 4. The zero-order valence-corrected chi connectivity index (χ0v) is 15.9. The van der Waals surface area contributed by atoms with Gasteiger partial charge in [0.15, 0.2) is 11.1 Å². The Labute approximate surface area is 153 Å². The lowest BCUT2D eigenvalue weighted by Gasteiger charge is -2.29. The van der Waals surface area contributed by atoms with E-state index in [1.165, 1.54) is 11.1 Å². The Morgan fingerprint density at radius 2 is 2.12 bits per heavy atom. The number of benzene rings is 1. The number of nitrogens with one attached hydrogen (secondary N) is 1. The summed E-state index contributed by atoms with van der Waals surface area (Å²) in [5.41, 5.74) is 3.79. The van der Waals surface area contributed by atoms with E-state index in [2.05, 4.69) is 62.0 Å². The lowest BCUT2D eigenvalue weighted by Crippen LogP contribution is -2.43. The Hall–Kier alpha value is -2.34. The molecule has 0 aliphatic carbocycles. The van der Waals surface area contributed by atoms with Crippen LogP contribution in [-0.2, 0) is 6.54 Å². The molecular weight excluding hydrogens is 330 g/mol. The van der Waals surface area contributed by atoms with Crippen molar-refractivity contribution in [3.8, 4) is 0 Å². The Morgan fingerprint density at radius 3 is 2.72 bits per heavy atom. The molecule has 1 aliphatic rings. The van der Waals surface area contributed by atoms with Crippen LogP contribution in [0.1, 0.15) is 17.7 Å². The number of anilines is 1. The second-order valence-electron chi connectivity index (χ2n) is 6.21. The fourth-order valence-corrected chi connectivity index (χ4v) is 3.62. The Bertz CT molecular complexity index is 748. The number of guanidine groups is 1. The van der Waals surface area contributed by atoms with Crippen molar-refractivity contribution in [2.75, 3.05) is 39.1 Å². The first-order valence-corrected chi connectivity index (χ1v) is 9.37. The average molecular weight is 356 g/mol. The Kier molecular flexibility index (Phi) is 5.71. The molecular formula is C19H25N5S. The number of hydrogen-bond acceptors (Lipinski definition) is 4. The van der Waals surface area contributed by atoms with E-state index in [4.69, 9.17) is 0 Å². The van der Waals surface area contributed by atoms with Crippen molar-refractivity contribution >= 4 is 28.0 Å². The van der Waals surface area contributed by atoms with Crippen LogP contribution in [0.4, 0.5) is 5.13 Å². The van der Waals surface area contributed by atoms with Crippen LogP contribution in [0, 0.1) is 0 Å². The second kappa shape index (κ2) is 8.16. The van der Waals surface area contributed by atoms with E-state index in [9.17, 15) is 0 Å². The van der Waals surface area contributed by atoms with Gasteiger partial charge < -0.3 is 15.1 Å². The Balaban J connectivity index is 1.58. The zero-order chi connectivity index (χ0) is 17.6. The van der Waals surface area contributed by atoms with Crippen molar-refractivity contribution in [2.45, 2.75) is 13.0 Å². The molecule has 0 radical (unpaired) electrons. The molecule has 6 heteroatoms. The first kappa shape index (κ1) is 17.5. The maximum absolute atomic E-state index is 4.61. The molecule has 1 aromatic carbocycles. The standard InChI is InChI=1S/C19H25N5S/c1-20-18(21-13-17-14-25-19(22-17)23(2)3)24-11-9-16(10-12-24)15-7-5-4-6-8-15/h4-9,14H,10-13H2,1-3H3,(H,20,21). The quantitative estimate of drug-likeness (QED) is 0.676. The smallest absolute Gasteiger partial charge is 0.194 e. The minimum Gasteiger partial charge on any atom is -0.354 e. The van der Waals surface area contributed by atoms with E-state index in [1.807, 2.05) is 26.0 Å². The van der Waals surface area contributed by atoms with E-state index in [1.54, 1.807) is 11.3 Å². The summed E-state index contributed by atoms with van der Waals surface area (Å²) < 4.78 is 0. The largest absolute Gasteiger partial charge is 0.354 e. The lowest BCUT2D eigenvalue weighted by atomic mass is 10.00. The first-order chi connectivity index (χ1) is 12.2. The Morgan fingerprint density at radius 1 is 1.32 bits per heavy atom. The minimum absolute atomic E-state index is 0.697. The predicted octanol–water partition coefficient (Wildman–Crippen LogP) is 3.07. The van der Waals surface area contributed by atoms with Gasteiger partial charge in [0.25, 0.3) is 0 Å². The van der Waals surface area contributed by atoms with Gasteiger partial charge in [-0.1, -0.05) is 36.4 Å². The van der Waals surface area contributed by atoms with Crippen molar-refractivity contribution in [1.29, 1.82) is 0 Å². The number of aliphatic imine (C=N–C) groups is 1. The highest BCUT2D eigenvalue weighted by molar-refractivity contribution is 7.13. The maximum atomic E-state index is 4.61. The van der Waals surface area contributed by atoms with E-state index < -0.39 is 0 Å². The van der Waals surface area contributed by atoms with Crippen LogP contribution in [0.2, 0.25) is 0 Å². The predicted molar refractivity (Wildman–Crippen MR) is 107 cm³/mol. The third-order valence-corrected chi connectivity index (χ3v) is 5.27. The van der Waals surface area contributed by atoms with Crippen molar-refractivity contribution in [2.24, 2.45) is 4.99 Å². The van der Waals surface area contributed by atoms with Gasteiger partial charge in [-0.2, -0.15) is 0 Å². The molecule has 1 aliphatic heterocycles. The fraction of sp³-hybridized carbons (Fsp3) is 0.368. The summed E-state index contributed by atoms with van der Waals surface area (Å²) in [6, 6.07) is 10.6. The SMILES string of the molecule is CN=C(NCc1csc(N(C)C)n1)N1CC=C(c2ccccc2)CC1. The number of aromatic nitrogens is 1. The molecule has 0 fully saturated rings. The zero-order valence-electron chi connectivity index (χ0n) is 15.1. The van der Waals surface area contributed by atoms with Crippen LogP contribution in [0.5, 0.6) is 0 Å². The molecule has 1 N–H and O–H groups in total. The fourth-order valence-electron chi connectivity index (χ4n) is 2.86. The van der Waals surface area contributed by atoms with E-state index >= 15 is 0 Å². The summed E-state index contributed by atoms with van der Waals surface area (Å²) in [5, 5.41) is 6.56. The molecule has 0 atom stereocenters. The van der Waals surface area contributed by atoms with Crippen LogP contribution in [0.25, 0.3) is 5.57 Å². The molecule has 0 bridgehead atoms. The van der Waals surface area contributed by atoms with Gasteiger partial charge in [-0.25, -0.2) is 4.98 Å². The summed E-state index contributed by atoms with van der Waals surface area (Å²) in [6.07, 6.45) is 3.34. The van der Waals surface area contributed by atoms with Gasteiger partial charge in [0.1, 0.15) is 0 Å². The third kappa shape index (κ3) is 4.39. The van der Waals surface area contributed by atoms with Gasteiger partial charge in [0, 0.05) is 39.6 Å². The van der Waals surface area contributed by atoms with Gasteiger partial charge in [0.2, 0.25) is 0 Å². The second-order valence-corrected chi connectivity index (χ2v) is 7.04. The highest BCUT2D eigenvalue weighted by Gasteiger charge is 2.16. The molecule has 1 aromatic heterocycles. The number of hydrogen-bond donors (Lipinski definition) is 1. The third-order valence-electron chi connectivity index (χ3n) is 4.21. The molecule has 0 amide bonds. The van der Waals surface area contributed by atoms with Crippen LogP contribution >= 0.6 is 11.3 Å². The van der Waals surface area contributed by atoms with Crippen LogP contribution in [-0.4, -0.2) is 50.1 Å². The van der Waals surface area contributed by atoms with Crippen LogP contribution in [0.3, 0.4) is 0 Å². The van der Waals surface area contributed by atoms with Crippen LogP contribution < -0.4 is 10.2 Å². The van der Waals surface area contributed by atoms with Gasteiger partial charge in [-0.05, 0) is 17.6 Å². The van der Waals surface area contributed by atoms with Gasteiger partial charge in [0.05, 0.1) is 12.2 Å². The summed E-state index contributed by atoms with van der Waals surface area (Å²) in [4.78, 5) is 13.4. The topological polar surface area (TPSA) is 43.8 Å². The van der Waals surface area contributed by atoms with Crippen molar-refractivity contribution in [3.05, 3.63) is 53.0 Å². The monoisotopic (exact) mass is 355 g/mol. The molecule has 2 heterocycles. The number of nitrogens with zero attached hydrogens (tertiary/aromatic N) is 4. The van der Waals surface area contributed by atoms with Gasteiger partial charge in [-0.15, -0.1) is 11.3 Å². The van der Waals surface area contributed by atoms with Crippen molar-refractivity contribution < 1.29 is 0 Å². The van der Waals surface area contributed by atoms with Crippen molar-refractivity contribution in [1.82, 2.24) is 15.2 Å².